The smallest absolute Gasteiger partial charge is 0.256 e. The third-order valence-electron chi connectivity index (χ3n) is 2.47. The SMILES string of the molecule is COc1ncccc1OC1CCCNC1. The summed E-state index contributed by atoms with van der Waals surface area (Å²) in [5.41, 5.74) is 0. The first-order valence-electron chi connectivity index (χ1n) is 5.26. The molecule has 0 saturated carbocycles. The highest BCUT2D eigenvalue weighted by molar-refractivity contribution is 5.32. The van der Waals surface area contributed by atoms with Crippen molar-refractivity contribution in [1.82, 2.24) is 10.3 Å². The Balaban J connectivity index is 2.02. The van der Waals surface area contributed by atoms with Gasteiger partial charge in [0.05, 0.1) is 7.11 Å². The summed E-state index contributed by atoms with van der Waals surface area (Å²) < 4.78 is 11.0. The highest BCUT2D eigenvalue weighted by Gasteiger charge is 2.16. The van der Waals surface area contributed by atoms with Crippen LogP contribution in [0.25, 0.3) is 0 Å². The third-order valence-corrected chi connectivity index (χ3v) is 2.47. The molecular formula is C11H16N2O2. The number of piperidine rings is 1. The van der Waals surface area contributed by atoms with Crippen molar-refractivity contribution < 1.29 is 9.47 Å². The molecule has 0 amide bonds. The maximum Gasteiger partial charge on any atom is 0.256 e. The van der Waals surface area contributed by atoms with Gasteiger partial charge in [-0.3, -0.25) is 0 Å². The van der Waals surface area contributed by atoms with Crippen molar-refractivity contribution in [2.24, 2.45) is 0 Å². The second-order valence-electron chi connectivity index (χ2n) is 3.60. The first-order valence-corrected chi connectivity index (χ1v) is 5.26. The number of hydrogen-bond acceptors (Lipinski definition) is 4. The molecule has 1 N–H and O–H groups in total. The van der Waals surface area contributed by atoms with Crippen LogP contribution in [0.3, 0.4) is 0 Å². The van der Waals surface area contributed by atoms with Gasteiger partial charge in [0.15, 0.2) is 5.75 Å². The molecule has 1 aromatic heterocycles. The van der Waals surface area contributed by atoms with Crippen LogP contribution in [-0.4, -0.2) is 31.3 Å². The number of aromatic nitrogens is 1. The average molecular weight is 208 g/mol. The molecule has 1 aliphatic rings. The predicted molar refractivity (Wildman–Crippen MR) is 57.3 cm³/mol. The molecule has 2 rings (SSSR count). The Hall–Kier alpha value is -1.29. The van der Waals surface area contributed by atoms with Crippen molar-refractivity contribution in [2.75, 3.05) is 20.2 Å². The zero-order valence-electron chi connectivity index (χ0n) is 8.90. The normalized spacial score (nSPS) is 21.0. The molecule has 1 saturated heterocycles. The van der Waals surface area contributed by atoms with Crippen LogP contribution in [0.4, 0.5) is 0 Å². The molecule has 0 radical (unpaired) electrons. The Morgan fingerprint density at radius 3 is 3.20 bits per heavy atom. The van der Waals surface area contributed by atoms with Crippen molar-refractivity contribution in [3.8, 4) is 11.6 Å². The van der Waals surface area contributed by atoms with Crippen molar-refractivity contribution >= 4 is 0 Å². The fourth-order valence-electron chi connectivity index (χ4n) is 1.72. The maximum absolute atomic E-state index is 5.83. The molecule has 0 bridgehead atoms. The van der Waals surface area contributed by atoms with Gasteiger partial charge in [0.25, 0.3) is 5.88 Å². The fraction of sp³-hybridized carbons (Fsp3) is 0.545. The van der Waals surface area contributed by atoms with Crippen LogP contribution in [0.5, 0.6) is 11.6 Å². The average Bonchev–Trinajstić information content (AvgIpc) is 2.31. The van der Waals surface area contributed by atoms with Crippen molar-refractivity contribution in [2.45, 2.75) is 18.9 Å². The molecule has 4 nitrogen and oxygen atoms in total. The van der Waals surface area contributed by atoms with Crippen LogP contribution in [0, 0.1) is 0 Å². The summed E-state index contributed by atoms with van der Waals surface area (Å²) in [6.07, 6.45) is 4.18. The molecule has 1 aliphatic heterocycles. The fourth-order valence-corrected chi connectivity index (χ4v) is 1.72. The summed E-state index contributed by atoms with van der Waals surface area (Å²) in [5, 5.41) is 3.31. The number of ether oxygens (including phenoxy) is 2. The molecule has 0 aliphatic carbocycles. The summed E-state index contributed by atoms with van der Waals surface area (Å²) in [6.45, 7) is 1.99. The second kappa shape index (κ2) is 4.98. The summed E-state index contributed by atoms with van der Waals surface area (Å²) in [7, 11) is 1.61. The van der Waals surface area contributed by atoms with Gasteiger partial charge >= 0.3 is 0 Å². The van der Waals surface area contributed by atoms with E-state index in [2.05, 4.69) is 10.3 Å². The Kier molecular flexibility index (Phi) is 3.40. The van der Waals surface area contributed by atoms with E-state index in [4.69, 9.17) is 9.47 Å². The van der Waals surface area contributed by atoms with Crippen LogP contribution >= 0.6 is 0 Å². The van der Waals surface area contributed by atoms with Crippen molar-refractivity contribution in [1.29, 1.82) is 0 Å². The van der Waals surface area contributed by atoms with Gasteiger partial charge in [-0.15, -0.1) is 0 Å². The first-order chi connectivity index (χ1) is 7.40. The van der Waals surface area contributed by atoms with Gasteiger partial charge in [-0.05, 0) is 31.5 Å². The number of rotatable bonds is 3. The number of hydrogen-bond donors (Lipinski definition) is 1. The molecule has 1 unspecified atom stereocenters. The Morgan fingerprint density at radius 2 is 2.47 bits per heavy atom. The van der Waals surface area contributed by atoms with Crippen molar-refractivity contribution in [3.05, 3.63) is 18.3 Å². The lowest BCUT2D eigenvalue weighted by Gasteiger charge is -2.24. The highest BCUT2D eigenvalue weighted by atomic mass is 16.5. The van der Waals surface area contributed by atoms with E-state index in [1.54, 1.807) is 13.3 Å². The van der Waals surface area contributed by atoms with Crippen LogP contribution in [0.2, 0.25) is 0 Å². The monoisotopic (exact) mass is 208 g/mol. The van der Waals surface area contributed by atoms with Crippen LogP contribution in [0.1, 0.15) is 12.8 Å². The molecule has 4 heteroatoms. The van der Waals surface area contributed by atoms with E-state index < -0.39 is 0 Å². The van der Waals surface area contributed by atoms with Gasteiger partial charge in [0.2, 0.25) is 0 Å². The number of methoxy groups -OCH3 is 1. The topological polar surface area (TPSA) is 43.4 Å². The minimum absolute atomic E-state index is 0.233. The standard InChI is InChI=1S/C11H16N2O2/c1-14-11-10(5-3-7-13-11)15-9-4-2-6-12-8-9/h3,5,7,9,12H,2,4,6,8H2,1H3. The quantitative estimate of drug-likeness (QED) is 0.811. The molecule has 1 aromatic rings. The molecular weight excluding hydrogens is 192 g/mol. The number of nitrogens with one attached hydrogen (secondary N) is 1. The zero-order valence-corrected chi connectivity index (χ0v) is 8.90. The van der Waals surface area contributed by atoms with E-state index >= 15 is 0 Å². The minimum Gasteiger partial charge on any atom is -0.483 e. The van der Waals surface area contributed by atoms with E-state index in [0.29, 0.717) is 5.88 Å². The predicted octanol–water partition coefficient (Wildman–Crippen LogP) is 1.22. The molecule has 0 aromatic carbocycles. The van der Waals surface area contributed by atoms with Crippen LogP contribution in [0.15, 0.2) is 18.3 Å². The summed E-state index contributed by atoms with van der Waals surface area (Å²) in [5.74, 6) is 1.29. The molecule has 2 heterocycles. The second-order valence-corrected chi connectivity index (χ2v) is 3.60. The molecule has 15 heavy (non-hydrogen) atoms. The van der Waals surface area contributed by atoms with E-state index in [-0.39, 0.29) is 6.10 Å². The maximum atomic E-state index is 5.83. The lowest BCUT2D eigenvalue weighted by Crippen LogP contribution is -2.37. The van der Waals surface area contributed by atoms with Gasteiger partial charge in [-0.1, -0.05) is 0 Å². The lowest BCUT2D eigenvalue weighted by atomic mass is 10.1. The summed E-state index contributed by atoms with van der Waals surface area (Å²) in [6, 6.07) is 3.74. The van der Waals surface area contributed by atoms with Gasteiger partial charge < -0.3 is 14.8 Å². The Morgan fingerprint density at radius 1 is 1.53 bits per heavy atom. The molecule has 0 spiro atoms. The third kappa shape index (κ3) is 2.59. The molecule has 1 atom stereocenters. The van der Waals surface area contributed by atoms with Crippen LogP contribution in [-0.2, 0) is 0 Å². The summed E-state index contributed by atoms with van der Waals surface area (Å²) in [4.78, 5) is 4.10. The largest absolute Gasteiger partial charge is 0.483 e. The number of nitrogens with zero attached hydrogens (tertiary/aromatic N) is 1. The van der Waals surface area contributed by atoms with Gasteiger partial charge in [0.1, 0.15) is 6.10 Å². The van der Waals surface area contributed by atoms with Gasteiger partial charge in [0, 0.05) is 12.7 Å². The molecule has 1 fully saturated rings. The van der Waals surface area contributed by atoms with Gasteiger partial charge in [-0.25, -0.2) is 4.98 Å². The Labute approximate surface area is 89.6 Å². The minimum atomic E-state index is 0.233. The Bertz CT molecular complexity index is 311. The summed E-state index contributed by atoms with van der Waals surface area (Å²) >= 11 is 0. The van der Waals surface area contributed by atoms with E-state index in [1.807, 2.05) is 12.1 Å². The van der Waals surface area contributed by atoms with Crippen LogP contribution < -0.4 is 14.8 Å². The van der Waals surface area contributed by atoms with E-state index in [1.165, 1.54) is 0 Å². The molecule has 82 valence electrons. The number of pyridine rings is 1. The first kappa shape index (κ1) is 10.2. The van der Waals surface area contributed by atoms with Gasteiger partial charge in [-0.2, -0.15) is 0 Å². The van der Waals surface area contributed by atoms with E-state index in [0.717, 1.165) is 31.7 Å². The zero-order chi connectivity index (χ0) is 10.5. The highest BCUT2D eigenvalue weighted by Crippen LogP contribution is 2.25. The lowest BCUT2D eigenvalue weighted by molar-refractivity contribution is 0.159. The van der Waals surface area contributed by atoms with E-state index in [9.17, 15) is 0 Å². The van der Waals surface area contributed by atoms with Crippen molar-refractivity contribution in [3.63, 3.8) is 0 Å².